The van der Waals surface area contributed by atoms with Crippen molar-refractivity contribution in [2.75, 3.05) is 6.54 Å². The van der Waals surface area contributed by atoms with Crippen molar-refractivity contribution in [2.45, 2.75) is 31.3 Å². The minimum atomic E-state index is -4.45. The summed E-state index contributed by atoms with van der Waals surface area (Å²) in [6, 6.07) is 1.88. The van der Waals surface area contributed by atoms with Crippen LogP contribution in [0, 0.1) is 0 Å². The quantitative estimate of drug-likeness (QED) is 0.847. The van der Waals surface area contributed by atoms with E-state index in [4.69, 9.17) is 11.6 Å². The summed E-state index contributed by atoms with van der Waals surface area (Å²) in [7, 11) is 0. The standard InChI is InChI=1S/C12H14ClF3N2O/c1-2-9(13)5-6-17-11(19)10-4-3-8(7-18-10)12(14,15)16/h3-4,7,9H,2,5-6H2,1H3,(H,17,19). The Kier molecular flexibility index (Phi) is 5.60. The van der Waals surface area contributed by atoms with E-state index < -0.39 is 17.6 Å². The SMILES string of the molecule is CCC(Cl)CCNC(=O)c1ccc(C(F)(F)F)cn1. The summed E-state index contributed by atoms with van der Waals surface area (Å²) in [5.74, 6) is -0.506. The summed E-state index contributed by atoms with van der Waals surface area (Å²) in [5.41, 5.74) is -0.925. The Morgan fingerprint density at radius 2 is 2.16 bits per heavy atom. The van der Waals surface area contributed by atoms with Gasteiger partial charge in [-0.1, -0.05) is 6.92 Å². The van der Waals surface area contributed by atoms with E-state index in [1.54, 1.807) is 0 Å². The van der Waals surface area contributed by atoms with Gasteiger partial charge < -0.3 is 5.32 Å². The van der Waals surface area contributed by atoms with Crippen molar-refractivity contribution in [3.8, 4) is 0 Å². The lowest BCUT2D eigenvalue weighted by atomic mass is 10.2. The van der Waals surface area contributed by atoms with E-state index >= 15 is 0 Å². The fourth-order valence-corrected chi connectivity index (χ4v) is 1.44. The minimum Gasteiger partial charge on any atom is -0.351 e. The van der Waals surface area contributed by atoms with Crippen LogP contribution in [0.4, 0.5) is 13.2 Å². The molecule has 0 bridgehead atoms. The van der Waals surface area contributed by atoms with E-state index in [0.717, 1.165) is 18.6 Å². The van der Waals surface area contributed by atoms with Crippen LogP contribution in [0.2, 0.25) is 0 Å². The third-order valence-corrected chi connectivity index (χ3v) is 3.04. The zero-order valence-corrected chi connectivity index (χ0v) is 11.1. The Morgan fingerprint density at radius 1 is 1.47 bits per heavy atom. The van der Waals surface area contributed by atoms with Gasteiger partial charge in [0.25, 0.3) is 5.91 Å². The van der Waals surface area contributed by atoms with Gasteiger partial charge in [0.2, 0.25) is 0 Å². The fourth-order valence-electron chi connectivity index (χ4n) is 1.33. The first kappa shape index (κ1) is 15.8. The highest BCUT2D eigenvalue weighted by Gasteiger charge is 2.30. The Balaban J connectivity index is 2.54. The Labute approximate surface area is 114 Å². The zero-order chi connectivity index (χ0) is 14.5. The average molecular weight is 295 g/mol. The first-order chi connectivity index (χ1) is 8.84. The number of pyridine rings is 1. The normalized spacial score (nSPS) is 13.1. The molecule has 1 rings (SSSR count). The second-order valence-corrected chi connectivity index (χ2v) is 4.60. The molecule has 0 aliphatic carbocycles. The first-order valence-corrected chi connectivity index (χ1v) is 6.23. The molecule has 0 saturated heterocycles. The van der Waals surface area contributed by atoms with Crippen LogP contribution >= 0.6 is 11.6 Å². The van der Waals surface area contributed by atoms with Gasteiger partial charge in [-0.3, -0.25) is 9.78 Å². The van der Waals surface area contributed by atoms with Gasteiger partial charge in [0, 0.05) is 18.1 Å². The van der Waals surface area contributed by atoms with Gasteiger partial charge in [-0.05, 0) is 25.0 Å². The van der Waals surface area contributed by atoms with E-state index in [1.807, 2.05) is 6.92 Å². The number of rotatable bonds is 5. The van der Waals surface area contributed by atoms with Crippen LogP contribution in [0.3, 0.4) is 0 Å². The Hall–Kier alpha value is -1.30. The molecule has 0 fully saturated rings. The van der Waals surface area contributed by atoms with Gasteiger partial charge in [-0.2, -0.15) is 13.2 Å². The molecule has 0 aromatic carbocycles. The molecule has 19 heavy (non-hydrogen) atoms. The summed E-state index contributed by atoms with van der Waals surface area (Å²) in [6.45, 7) is 2.29. The molecular formula is C12H14ClF3N2O. The monoisotopic (exact) mass is 294 g/mol. The van der Waals surface area contributed by atoms with Crippen LogP contribution < -0.4 is 5.32 Å². The summed E-state index contributed by atoms with van der Waals surface area (Å²) in [5, 5.41) is 2.53. The van der Waals surface area contributed by atoms with E-state index in [2.05, 4.69) is 10.3 Å². The number of aromatic nitrogens is 1. The molecule has 1 N–H and O–H groups in total. The van der Waals surface area contributed by atoms with Crippen LogP contribution in [0.5, 0.6) is 0 Å². The number of alkyl halides is 4. The molecular weight excluding hydrogens is 281 g/mol. The predicted octanol–water partition coefficient (Wildman–Crippen LogP) is 3.24. The number of hydrogen-bond donors (Lipinski definition) is 1. The molecule has 1 unspecified atom stereocenters. The molecule has 3 nitrogen and oxygen atoms in total. The molecule has 1 aromatic heterocycles. The molecule has 1 aromatic rings. The predicted molar refractivity (Wildman–Crippen MR) is 66.1 cm³/mol. The van der Waals surface area contributed by atoms with Crippen LogP contribution in [-0.2, 0) is 6.18 Å². The largest absolute Gasteiger partial charge is 0.417 e. The molecule has 1 heterocycles. The average Bonchev–Trinajstić information content (AvgIpc) is 2.37. The number of nitrogens with zero attached hydrogens (tertiary/aromatic N) is 1. The minimum absolute atomic E-state index is 0.0270. The number of hydrogen-bond acceptors (Lipinski definition) is 2. The van der Waals surface area contributed by atoms with E-state index in [0.29, 0.717) is 19.2 Å². The van der Waals surface area contributed by atoms with E-state index in [9.17, 15) is 18.0 Å². The molecule has 0 aliphatic rings. The highest BCUT2D eigenvalue weighted by molar-refractivity contribution is 6.20. The van der Waals surface area contributed by atoms with Crippen molar-refractivity contribution in [3.63, 3.8) is 0 Å². The Bertz CT molecular complexity index is 420. The Morgan fingerprint density at radius 3 is 2.63 bits per heavy atom. The molecule has 7 heteroatoms. The maximum atomic E-state index is 12.3. The third kappa shape index (κ3) is 5.06. The maximum absolute atomic E-state index is 12.3. The van der Waals surface area contributed by atoms with Gasteiger partial charge in [0.1, 0.15) is 5.69 Å². The summed E-state index contributed by atoms with van der Waals surface area (Å²) < 4.78 is 36.9. The molecule has 0 spiro atoms. The van der Waals surface area contributed by atoms with Gasteiger partial charge in [0.05, 0.1) is 5.56 Å². The fraction of sp³-hybridized carbons (Fsp3) is 0.500. The molecule has 0 aliphatic heterocycles. The number of nitrogens with one attached hydrogen (secondary N) is 1. The smallest absolute Gasteiger partial charge is 0.351 e. The summed E-state index contributed by atoms with van der Waals surface area (Å²) in [4.78, 5) is 15.1. The molecule has 1 atom stereocenters. The lowest BCUT2D eigenvalue weighted by Crippen LogP contribution is -2.27. The van der Waals surface area contributed by atoms with Gasteiger partial charge in [0.15, 0.2) is 0 Å². The highest BCUT2D eigenvalue weighted by atomic mass is 35.5. The number of carbonyl (C=O) groups excluding carboxylic acids is 1. The van der Waals surface area contributed by atoms with Crippen molar-refractivity contribution < 1.29 is 18.0 Å². The van der Waals surface area contributed by atoms with Crippen molar-refractivity contribution in [1.82, 2.24) is 10.3 Å². The molecule has 106 valence electrons. The van der Waals surface area contributed by atoms with Crippen LogP contribution in [0.1, 0.15) is 35.8 Å². The van der Waals surface area contributed by atoms with Gasteiger partial charge in [-0.25, -0.2) is 0 Å². The lowest BCUT2D eigenvalue weighted by Gasteiger charge is -2.09. The van der Waals surface area contributed by atoms with Crippen molar-refractivity contribution in [2.24, 2.45) is 0 Å². The van der Waals surface area contributed by atoms with E-state index in [1.165, 1.54) is 0 Å². The number of carbonyl (C=O) groups is 1. The molecule has 1 amide bonds. The topological polar surface area (TPSA) is 42.0 Å². The highest BCUT2D eigenvalue weighted by Crippen LogP contribution is 2.28. The van der Waals surface area contributed by atoms with Crippen molar-refractivity contribution in [1.29, 1.82) is 0 Å². The van der Waals surface area contributed by atoms with Crippen molar-refractivity contribution in [3.05, 3.63) is 29.6 Å². The maximum Gasteiger partial charge on any atom is 0.417 e. The van der Waals surface area contributed by atoms with Gasteiger partial charge >= 0.3 is 6.18 Å². The first-order valence-electron chi connectivity index (χ1n) is 5.80. The van der Waals surface area contributed by atoms with Gasteiger partial charge in [-0.15, -0.1) is 11.6 Å². The second kappa shape index (κ2) is 6.75. The van der Waals surface area contributed by atoms with Crippen LogP contribution in [-0.4, -0.2) is 22.8 Å². The number of halogens is 4. The summed E-state index contributed by atoms with van der Waals surface area (Å²) >= 11 is 5.87. The molecule has 0 radical (unpaired) electrons. The molecule has 0 saturated carbocycles. The van der Waals surface area contributed by atoms with Crippen molar-refractivity contribution >= 4 is 17.5 Å². The second-order valence-electron chi connectivity index (χ2n) is 3.98. The van der Waals surface area contributed by atoms with Crippen LogP contribution in [0.15, 0.2) is 18.3 Å². The zero-order valence-electron chi connectivity index (χ0n) is 10.3. The van der Waals surface area contributed by atoms with E-state index in [-0.39, 0.29) is 11.1 Å². The lowest BCUT2D eigenvalue weighted by molar-refractivity contribution is -0.137. The summed E-state index contributed by atoms with van der Waals surface area (Å²) in [6.07, 6.45) is -2.42. The third-order valence-electron chi connectivity index (χ3n) is 2.51. The number of amides is 1. The van der Waals surface area contributed by atoms with Crippen LogP contribution in [0.25, 0.3) is 0 Å².